The molecular formula is C19H27NO5. The molecule has 138 valence electrons. The summed E-state index contributed by atoms with van der Waals surface area (Å²) in [6.45, 7) is 1.56. The summed E-state index contributed by atoms with van der Waals surface area (Å²) >= 11 is 0. The van der Waals surface area contributed by atoms with Crippen LogP contribution in [0.1, 0.15) is 31.2 Å². The lowest BCUT2D eigenvalue weighted by Gasteiger charge is -2.43. The fraction of sp³-hybridized carbons (Fsp3) is 0.632. The number of aliphatic carboxylic acids is 1. The first-order chi connectivity index (χ1) is 12.1. The van der Waals surface area contributed by atoms with Crippen LogP contribution in [0.5, 0.6) is 5.75 Å². The molecule has 3 rings (SSSR count). The van der Waals surface area contributed by atoms with Gasteiger partial charge in [-0.2, -0.15) is 0 Å². The molecule has 0 radical (unpaired) electrons. The molecule has 1 saturated carbocycles. The Morgan fingerprint density at radius 1 is 1.28 bits per heavy atom. The van der Waals surface area contributed by atoms with Crippen LogP contribution in [0.2, 0.25) is 0 Å². The lowest BCUT2D eigenvalue weighted by molar-refractivity contribution is -0.139. The van der Waals surface area contributed by atoms with E-state index in [1.165, 1.54) is 5.56 Å². The van der Waals surface area contributed by atoms with Crippen LogP contribution in [0, 0.1) is 0 Å². The second-order valence-corrected chi connectivity index (χ2v) is 6.96. The van der Waals surface area contributed by atoms with E-state index in [4.69, 9.17) is 19.3 Å². The summed E-state index contributed by atoms with van der Waals surface area (Å²) in [6.07, 6.45) is 4.48. The number of benzene rings is 1. The topological polar surface area (TPSA) is 68.2 Å². The summed E-state index contributed by atoms with van der Waals surface area (Å²) in [4.78, 5) is 13.0. The first-order valence-corrected chi connectivity index (χ1v) is 8.82. The zero-order valence-corrected chi connectivity index (χ0v) is 14.9. The van der Waals surface area contributed by atoms with E-state index < -0.39 is 5.97 Å². The molecule has 1 heterocycles. The van der Waals surface area contributed by atoms with Gasteiger partial charge in [-0.25, -0.2) is 4.79 Å². The second-order valence-electron chi connectivity index (χ2n) is 6.96. The SMILES string of the molecule is CO[C@@H]1CC[C@@]2(OC)CCN(Cc3ccc(OCC(=O)O)cc3)[C@H]2C1. The van der Waals surface area contributed by atoms with Crippen LogP contribution in [0.3, 0.4) is 0 Å². The lowest BCUT2D eigenvalue weighted by Crippen LogP contribution is -2.51. The summed E-state index contributed by atoms with van der Waals surface area (Å²) in [7, 11) is 3.62. The molecule has 25 heavy (non-hydrogen) atoms. The molecular weight excluding hydrogens is 322 g/mol. The highest BCUT2D eigenvalue weighted by Gasteiger charge is 2.50. The van der Waals surface area contributed by atoms with Crippen LogP contribution in [-0.2, 0) is 20.8 Å². The first kappa shape index (κ1) is 18.2. The molecule has 1 saturated heterocycles. The molecule has 1 aromatic rings. The summed E-state index contributed by atoms with van der Waals surface area (Å²) in [5.74, 6) is -0.391. The number of fused-ring (bicyclic) bond motifs is 1. The van der Waals surface area contributed by atoms with Crippen LogP contribution in [-0.4, -0.2) is 61.1 Å². The van der Waals surface area contributed by atoms with Gasteiger partial charge in [-0.3, -0.25) is 4.90 Å². The zero-order valence-electron chi connectivity index (χ0n) is 14.9. The summed E-state index contributed by atoms with van der Waals surface area (Å²) in [6, 6.07) is 8.04. The van der Waals surface area contributed by atoms with Crippen molar-refractivity contribution in [3.05, 3.63) is 29.8 Å². The molecule has 0 unspecified atom stereocenters. The number of methoxy groups -OCH3 is 2. The van der Waals surface area contributed by atoms with E-state index in [9.17, 15) is 4.79 Å². The average Bonchev–Trinajstić information content (AvgIpc) is 2.99. The zero-order chi connectivity index (χ0) is 17.9. The summed E-state index contributed by atoms with van der Waals surface area (Å²) in [5, 5.41) is 8.66. The van der Waals surface area contributed by atoms with Crippen molar-refractivity contribution in [2.75, 3.05) is 27.4 Å². The fourth-order valence-corrected chi connectivity index (χ4v) is 4.23. The van der Waals surface area contributed by atoms with Crippen molar-refractivity contribution in [2.24, 2.45) is 0 Å². The van der Waals surface area contributed by atoms with Gasteiger partial charge in [-0.1, -0.05) is 12.1 Å². The molecule has 0 bridgehead atoms. The van der Waals surface area contributed by atoms with E-state index in [-0.39, 0.29) is 12.2 Å². The van der Waals surface area contributed by atoms with Gasteiger partial charge in [-0.05, 0) is 43.4 Å². The van der Waals surface area contributed by atoms with Crippen LogP contribution < -0.4 is 4.74 Å². The van der Waals surface area contributed by atoms with Gasteiger partial charge in [0.15, 0.2) is 6.61 Å². The molecule has 6 nitrogen and oxygen atoms in total. The molecule has 2 aliphatic rings. The van der Waals surface area contributed by atoms with Crippen molar-refractivity contribution in [2.45, 2.75) is 50.0 Å². The van der Waals surface area contributed by atoms with Crippen molar-refractivity contribution in [1.82, 2.24) is 4.90 Å². The molecule has 6 heteroatoms. The van der Waals surface area contributed by atoms with E-state index >= 15 is 0 Å². The van der Waals surface area contributed by atoms with Crippen LogP contribution in [0.25, 0.3) is 0 Å². The smallest absolute Gasteiger partial charge is 0.341 e. The van der Waals surface area contributed by atoms with E-state index in [2.05, 4.69) is 4.90 Å². The minimum absolute atomic E-state index is 0.0421. The van der Waals surface area contributed by atoms with Crippen LogP contribution >= 0.6 is 0 Å². The maximum atomic E-state index is 10.6. The predicted octanol–water partition coefficient (Wildman–Crippen LogP) is 2.31. The highest BCUT2D eigenvalue weighted by atomic mass is 16.5. The largest absolute Gasteiger partial charge is 0.482 e. The van der Waals surface area contributed by atoms with Gasteiger partial charge in [0.25, 0.3) is 0 Å². The quantitative estimate of drug-likeness (QED) is 0.815. The van der Waals surface area contributed by atoms with Gasteiger partial charge in [0.2, 0.25) is 0 Å². The van der Waals surface area contributed by atoms with Gasteiger partial charge in [0.1, 0.15) is 5.75 Å². The number of ether oxygens (including phenoxy) is 3. The van der Waals surface area contributed by atoms with Crippen molar-refractivity contribution < 1.29 is 24.1 Å². The monoisotopic (exact) mass is 349 g/mol. The third kappa shape index (κ3) is 3.97. The van der Waals surface area contributed by atoms with Crippen molar-refractivity contribution >= 4 is 5.97 Å². The molecule has 2 fully saturated rings. The standard InChI is InChI=1S/C19H27NO5/c1-23-16-7-8-19(24-2)9-10-20(17(19)11-16)12-14-3-5-15(6-4-14)25-13-18(21)22/h3-6,16-17H,7-13H2,1-2H3,(H,21,22)/t16-,17+,19-/m1/s1. The third-order valence-corrected chi connectivity index (χ3v) is 5.66. The molecule has 0 amide bonds. The minimum atomic E-state index is -0.970. The summed E-state index contributed by atoms with van der Waals surface area (Å²) in [5.41, 5.74) is 1.15. The molecule has 1 aliphatic heterocycles. The molecule has 1 N–H and O–H groups in total. The summed E-state index contributed by atoms with van der Waals surface area (Å²) < 4.78 is 16.8. The van der Waals surface area contributed by atoms with Crippen LogP contribution in [0.4, 0.5) is 0 Å². The van der Waals surface area contributed by atoms with Crippen LogP contribution in [0.15, 0.2) is 24.3 Å². The molecule has 1 aliphatic carbocycles. The van der Waals surface area contributed by atoms with E-state index in [0.29, 0.717) is 17.9 Å². The highest BCUT2D eigenvalue weighted by Crippen LogP contribution is 2.43. The number of hydrogen-bond acceptors (Lipinski definition) is 5. The van der Waals surface area contributed by atoms with Gasteiger partial charge in [0, 0.05) is 33.4 Å². The minimum Gasteiger partial charge on any atom is -0.482 e. The maximum Gasteiger partial charge on any atom is 0.341 e. The van der Waals surface area contributed by atoms with Crippen molar-refractivity contribution in [3.63, 3.8) is 0 Å². The van der Waals surface area contributed by atoms with E-state index in [1.807, 2.05) is 31.4 Å². The predicted molar refractivity (Wildman–Crippen MR) is 92.8 cm³/mol. The van der Waals surface area contributed by atoms with Crippen molar-refractivity contribution in [1.29, 1.82) is 0 Å². The lowest BCUT2D eigenvalue weighted by atomic mass is 9.79. The average molecular weight is 349 g/mol. The molecule has 0 spiro atoms. The number of nitrogens with zero attached hydrogens (tertiary/aromatic N) is 1. The maximum absolute atomic E-state index is 10.6. The Morgan fingerprint density at radius 3 is 2.68 bits per heavy atom. The molecule has 1 aromatic carbocycles. The number of carboxylic acid groups (broad SMARTS) is 1. The van der Waals surface area contributed by atoms with Gasteiger partial charge in [0.05, 0.1) is 11.7 Å². The number of carboxylic acids is 1. The van der Waals surface area contributed by atoms with E-state index in [1.54, 1.807) is 7.11 Å². The van der Waals surface area contributed by atoms with Crippen molar-refractivity contribution in [3.8, 4) is 5.75 Å². The Labute approximate surface area is 148 Å². The number of carbonyl (C=O) groups is 1. The Balaban J connectivity index is 1.65. The second kappa shape index (κ2) is 7.72. The third-order valence-electron chi connectivity index (χ3n) is 5.66. The Kier molecular flexibility index (Phi) is 5.61. The molecule has 3 atom stereocenters. The van der Waals surface area contributed by atoms with Gasteiger partial charge >= 0.3 is 5.97 Å². The first-order valence-electron chi connectivity index (χ1n) is 8.82. The Hall–Kier alpha value is -1.63. The normalized spacial score (nSPS) is 29.4. The fourth-order valence-electron chi connectivity index (χ4n) is 4.23. The molecule has 0 aromatic heterocycles. The van der Waals surface area contributed by atoms with Gasteiger partial charge in [-0.15, -0.1) is 0 Å². The highest BCUT2D eigenvalue weighted by molar-refractivity contribution is 5.68. The Bertz CT molecular complexity index is 590. The number of rotatable bonds is 7. The number of hydrogen-bond donors (Lipinski definition) is 1. The number of likely N-dealkylation sites (tertiary alicyclic amines) is 1. The van der Waals surface area contributed by atoms with Gasteiger partial charge < -0.3 is 19.3 Å². The van der Waals surface area contributed by atoms with E-state index in [0.717, 1.165) is 38.8 Å². The Morgan fingerprint density at radius 2 is 2.04 bits per heavy atom.